The summed E-state index contributed by atoms with van der Waals surface area (Å²) in [5.41, 5.74) is 37.2. The number of para-hydroxylation sites is 6. The second kappa shape index (κ2) is 33.1. The molecule has 0 saturated heterocycles. The highest BCUT2D eigenvalue weighted by Crippen LogP contribution is 2.53. The fourth-order valence-electron chi connectivity index (χ4n) is 21.4. The van der Waals surface area contributed by atoms with Crippen LogP contribution < -0.4 is 9.80 Å². The predicted octanol–water partition coefficient (Wildman–Crippen LogP) is 38.3. The van der Waals surface area contributed by atoms with E-state index in [1.165, 1.54) is 77.2 Å². The van der Waals surface area contributed by atoms with Gasteiger partial charge in [-0.1, -0.05) is 379 Å². The molecule has 0 aliphatic rings. The lowest BCUT2D eigenvalue weighted by Crippen LogP contribution is -2.22. The average molecular weight is 1780 g/mol. The molecule has 4 aromatic heterocycles. The van der Waals surface area contributed by atoms with Crippen molar-refractivity contribution in [3.05, 3.63) is 446 Å². The second-order valence-electron chi connectivity index (χ2n) is 41.2. The largest absolute Gasteiger partial charge is 0.456 e. The van der Waals surface area contributed by atoms with E-state index >= 15 is 0 Å². The number of hydrogen-bond donors (Lipinski definition) is 0. The molecule has 24 aromatic rings. The Kier molecular flexibility index (Phi) is 20.3. The predicted molar refractivity (Wildman–Crippen MR) is 583 cm³/mol. The van der Waals surface area contributed by atoms with Gasteiger partial charge in [0.05, 0.1) is 11.4 Å². The molecule has 0 saturated carbocycles. The topological polar surface area (TPSA) is 59.0 Å². The quantitative estimate of drug-likeness (QED) is 0.0905. The lowest BCUT2D eigenvalue weighted by Gasteiger charge is -2.30. The lowest BCUT2D eigenvalue weighted by atomic mass is 9.75. The van der Waals surface area contributed by atoms with Crippen molar-refractivity contribution in [2.24, 2.45) is 0 Å². The Morgan fingerprint density at radius 1 is 0.196 bits per heavy atom. The van der Waals surface area contributed by atoms with Crippen molar-refractivity contribution in [1.82, 2.24) is 0 Å². The van der Waals surface area contributed by atoms with E-state index in [1.54, 1.807) is 0 Å². The Morgan fingerprint density at radius 2 is 0.529 bits per heavy atom. The fraction of sp³-hybridized carbons (Fsp3) is 0.121. The summed E-state index contributed by atoms with van der Waals surface area (Å²) < 4.78 is 26.4. The zero-order valence-corrected chi connectivity index (χ0v) is 79.6. The van der Waals surface area contributed by atoms with Crippen LogP contribution in [-0.2, 0) is 28.1 Å². The SMILES string of the molecule is CC(C)(C)c1cc(-c2cccc3cccc(-c4ccccc4N(c4ccc(-c5cccc6c5oc5ccc(CC(C)(C)c7cc(-c8cccc9cccc(-c%10ccccc%10N(c%10ccc(-c%11ccc%12c(c%11)oc%11ccccc%11%12)cc%10)c%10ccc(-c%11cccc%12oc%13ccccc%13c%11%12)cc%10)c89)cc(C(C)(C)C)c7)cc56)cc4)c4ccc(-c5cccc6oc7ccccc7c56)cc4)c23)cc(C(C)(C)C)c1. The number of hydrogen-bond acceptors (Lipinski definition) is 6. The van der Waals surface area contributed by atoms with Crippen molar-refractivity contribution in [3.8, 4) is 89.0 Å². The molecule has 0 amide bonds. The maximum Gasteiger partial charge on any atom is 0.143 e. The van der Waals surface area contributed by atoms with E-state index < -0.39 is 0 Å². The van der Waals surface area contributed by atoms with Gasteiger partial charge >= 0.3 is 0 Å². The van der Waals surface area contributed by atoms with Crippen LogP contribution in [0, 0.1) is 0 Å². The molecular weight excluding hydrogens is 1680 g/mol. The first-order valence-corrected chi connectivity index (χ1v) is 48.3. The zero-order valence-electron chi connectivity index (χ0n) is 79.6. The minimum atomic E-state index is -0.325. The van der Waals surface area contributed by atoms with Crippen LogP contribution in [0.1, 0.15) is 104 Å². The molecule has 0 radical (unpaired) electrons. The number of benzene rings is 20. The number of furan rings is 4. The van der Waals surface area contributed by atoms with E-state index in [1.807, 2.05) is 24.3 Å². The molecular formula is C132H104N2O4. The highest BCUT2D eigenvalue weighted by molar-refractivity contribution is 6.17. The summed E-state index contributed by atoms with van der Waals surface area (Å²) >= 11 is 0. The van der Waals surface area contributed by atoms with Gasteiger partial charge in [0, 0.05) is 82.5 Å². The van der Waals surface area contributed by atoms with Gasteiger partial charge in [-0.25, -0.2) is 0 Å². The molecule has 0 N–H and O–H groups in total. The van der Waals surface area contributed by atoms with Crippen LogP contribution in [0.15, 0.2) is 436 Å². The van der Waals surface area contributed by atoms with E-state index in [0.29, 0.717) is 0 Å². The van der Waals surface area contributed by atoms with Crippen LogP contribution in [0.5, 0.6) is 0 Å². The van der Waals surface area contributed by atoms with E-state index in [-0.39, 0.29) is 21.7 Å². The molecule has 138 heavy (non-hydrogen) atoms. The third kappa shape index (κ3) is 15.0. The molecule has 4 heterocycles. The maximum absolute atomic E-state index is 7.12. The van der Waals surface area contributed by atoms with Gasteiger partial charge in [-0.15, -0.1) is 0 Å². The van der Waals surface area contributed by atoms with Crippen LogP contribution in [0.3, 0.4) is 0 Å². The lowest BCUT2D eigenvalue weighted by molar-refractivity contribution is 0.517. The number of fused-ring (bicyclic) bond motifs is 14. The Hall–Kier alpha value is -16.3. The molecule has 6 nitrogen and oxygen atoms in total. The van der Waals surface area contributed by atoms with E-state index in [4.69, 9.17) is 17.7 Å². The first kappa shape index (κ1) is 84.7. The monoisotopic (exact) mass is 1780 g/mol. The second-order valence-corrected chi connectivity index (χ2v) is 41.2. The number of anilines is 6. The molecule has 0 atom stereocenters. The highest BCUT2D eigenvalue weighted by Gasteiger charge is 2.31. The molecule has 0 aliphatic carbocycles. The molecule has 0 unspecified atom stereocenters. The van der Waals surface area contributed by atoms with Gasteiger partial charge < -0.3 is 27.5 Å². The van der Waals surface area contributed by atoms with Gasteiger partial charge in [-0.05, 0) is 265 Å². The smallest absolute Gasteiger partial charge is 0.143 e. The Morgan fingerprint density at radius 3 is 1.01 bits per heavy atom. The van der Waals surface area contributed by atoms with Gasteiger partial charge in [0.1, 0.15) is 44.7 Å². The van der Waals surface area contributed by atoms with Crippen LogP contribution in [0.25, 0.3) is 198 Å². The summed E-state index contributed by atoms with van der Waals surface area (Å²) in [6.45, 7) is 25.8. The highest BCUT2D eigenvalue weighted by atomic mass is 16.3. The van der Waals surface area contributed by atoms with Crippen molar-refractivity contribution >= 4 is 143 Å². The molecule has 0 bridgehead atoms. The molecule has 20 aromatic carbocycles. The molecule has 666 valence electrons. The Balaban J connectivity index is 0.573. The molecule has 24 rings (SSSR count). The van der Waals surface area contributed by atoms with E-state index in [9.17, 15) is 0 Å². The Bertz CT molecular complexity index is 8900. The fourth-order valence-corrected chi connectivity index (χ4v) is 21.4. The van der Waals surface area contributed by atoms with Crippen molar-refractivity contribution in [3.63, 3.8) is 0 Å². The third-order valence-corrected chi connectivity index (χ3v) is 28.7. The van der Waals surface area contributed by atoms with Crippen molar-refractivity contribution in [1.29, 1.82) is 0 Å². The minimum Gasteiger partial charge on any atom is -0.456 e. The zero-order chi connectivity index (χ0) is 93.6. The summed E-state index contributed by atoms with van der Waals surface area (Å²) in [6.07, 6.45) is 0.785. The normalized spacial score (nSPS) is 12.3. The van der Waals surface area contributed by atoms with E-state index in [0.717, 1.165) is 189 Å². The molecule has 0 fully saturated rings. The van der Waals surface area contributed by atoms with Gasteiger partial charge in [0.25, 0.3) is 0 Å². The third-order valence-electron chi connectivity index (χ3n) is 28.7. The summed E-state index contributed by atoms with van der Waals surface area (Å²) in [4.78, 5) is 4.87. The molecule has 0 aliphatic heterocycles. The summed E-state index contributed by atoms with van der Waals surface area (Å²) in [7, 11) is 0. The van der Waals surface area contributed by atoms with Crippen LogP contribution in [0.4, 0.5) is 34.1 Å². The average Bonchev–Trinajstić information content (AvgIpc) is 1.25. The summed E-state index contributed by atoms with van der Waals surface area (Å²) in [5.74, 6) is 0. The maximum atomic E-state index is 7.12. The number of nitrogens with zero attached hydrogens (tertiary/aromatic N) is 2. The van der Waals surface area contributed by atoms with Gasteiger partial charge in [-0.2, -0.15) is 0 Å². The molecule has 6 heteroatoms. The van der Waals surface area contributed by atoms with E-state index in [2.05, 4.69) is 480 Å². The summed E-state index contributed by atoms with van der Waals surface area (Å²) in [5, 5.41) is 13.6. The van der Waals surface area contributed by atoms with Crippen LogP contribution >= 0.6 is 0 Å². The van der Waals surface area contributed by atoms with Gasteiger partial charge in [0.15, 0.2) is 0 Å². The van der Waals surface area contributed by atoms with Gasteiger partial charge in [-0.3, -0.25) is 0 Å². The first-order chi connectivity index (χ1) is 67.0. The number of rotatable bonds is 17. The van der Waals surface area contributed by atoms with Gasteiger partial charge in [0.2, 0.25) is 0 Å². The standard InChI is InChI=1S/C132H104N2O4/c1-129(2,3)92-74-90(75-93(79-92)130(4,5)6)102-38-22-29-87-31-24-43-109(124(87)102)105-33-13-18-47-116(105)134(98-67-58-85(59-68-98)101-41-28-52-122-127(101)113-37-16-21-50-119(113)136-122)99-69-60-86(61-70-99)104-42-26-45-111-114-73-82(53-72-120(114)138-128(104)111)81-132(10,11)95-77-91(76-94(80-95)131(7,8)9)103-39-23-30-88-32-25-44-110(125(88)103)106-34-12-17-46-115(106)133(96-63-54-83(55-64-96)89-62-71-108-107-35-14-19-48-117(107)137-123(108)78-89)97-65-56-84(57-66-97)100-40-27-51-121-126(100)112-36-15-20-49-118(112)135-121/h12-80H,81H2,1-11H3. The van der Waals surface area contributed by atoms with Crippen molar-refractivity contribution in [2.75, 3.05) is 9.80 Å². The van der Waals surface area contributed by atoms with Crippen LogP contribution in [0.2, 0.25) is 0 Å². The van der Waals surface area contributed by atoms with Crippen molar-refractivity contribution < 1.29 is 17.7 Å². The van der Waals surface area contributed by atoms with Crippen LogP contribution in [-0.4, -0.2) is 0 Å². The van der Waals surface area contributed by atoms with Crippen molar-refractivity contribution in [2.45, 2.75) is 104 Å². The minimum absolute atomic E-state index is 0.0584. The Labute approximate surface area is 805 Å². The molecule has 0 spiro atoms. The first-order valence-electron chi connectivity index (χ1n) is 48.3. The summed E-state index contributed by atoms with van der Waals surface area (Å²) in [6, 6.07) is 154.